The Labute approximate surface area is 239 Å². The van der Waals surface area contributed by atoms with Gasteiger partial charge >= 0.3 is 12.1 Å². The van der Waals surface area contributed by atoms with E-state index in [9.17, 15) is 22.8 Å². The van der Waals surface area contributed by atoms with E-state index in [-0.39, 0.29) is 24.6 Å². The first kappa shape index (κ1) is 31.1. The summed E-state index contributed by atoms with van der Waals surface area (Å²) in [4.78, 5) is 24.8. The highest BCUT2D eigenvalue weighted by Crippen LogP contribution is 2.28. The first-order valence-corrected chi connectivity index (χ1v) is 12.3. The summed E-state index contributed by atoms with van der Waals surface area (Å²) in [6, 6.07) is 17.5. The number of ether oxygens (including phenoxy) is 3. The van der Waals surface area contributed by atoms with Crippen molar-refractivity contribution in [2.45, 2.75) is 12.2 Å². The van der Waals surface area contributed by atoms with Gasteiger partial charge in [-0.2, -0.15) is 18.3 Å². The van der Waals surface area contributed by atoms with Gasteiger partial charge in [-0.3, -0.25) is 21.1 Å². The standard InChI is InChI=1S/C29H28F3N5O5/c1-3-14-40-21-16-19(17-22(18-21)41-15-4-2)25(27(38)37-34-20-10-6-5-7-11-20)35-36-26(33)23-12-8-9-13-24(23)42-28(39)29(30,31)32/h3-13,16-18,25,34-35H,1-2,14-15H2,(H2,33,36)(H,37,38). The number of nitrogens with two attached hydrogens (primary N) is 1. The molecule has 220 valence electrons. The van der Waals surface area contributed by atoms with Gasteiger partial charge in [0.25, 0.3) is 5.91 Å². The number of halogens is 3. The predicted octanol–water partition coefficient (Wildman–Crippen LogP) is 4.38. The van der Waals surface area contributed by atoms with Crippen LogP contribution in [0.15, 0.2) is 103 Å². The molecule has 13 heteroatoms. The van der Waals surface area contributed by atoms with Crippen molar-refractivity contribution in [2.75, 3.05) is 18.6 Å². The number of hydrazine groups is 1. The smallest absolute Gasteiger partial charge is 0.489 e. The van der Waals surface area contributed by atoms with Crippen LogP contribution in [-0.4, -0.2) is 37.1 Å². The molecule has 0 saturated carbocycles. The molecule has 1 amide bonds. The number of nitrogens with one attached hydrogen (secondary N) is 3. The number of nitrogens with zero attached hydrogens (tertiary/aromatic N) is 1. The molecule has 42 heavy (non-hydrogen) atoms. The predicted molar refractivity (Wildman–Crippen MR) is 151 cm³/mol. The highest BCUT2D eigenvalue weighted by atomic mass is 19.4. The molecule has 3 aromatic carbocycles. The van der Waals surface area contributed by atoms with Crippen LogP contribution in [0.5, 0.6) is 17.2 Å². The average Bonchev–Trinajstić information content (AvgIpc) is 2.98. The molecule has 0 aliphatic carbocycles. The first-order chi connectivity index (χ1) is 20.1. The van der Waals surface area contributed by atoms with Gasteiger partial charge in [-0.15, -0.1) is 0 Å². The highest BCUT2D eigenvalue weighted by molar-refractivity contribution is 6.00. The van der Waals surface area contributed by atoms with Crippen molar-refractivity contribution in [2.24, 2.45) is 10.8 Å². The number of anilines is 1. The van der Waals surface area contributed by atoms with Crippen LogP contribution < -0.4 is 36.2 Å². The van der Waals surface area contributed by atoms with Crippen molar-refractivity contribution < 1.29 is 37.0 Å². The number of para-hydroxylation sites is 2. The van der Waals surface area contributed by atoms with Gasteiger partial charge in [-0.25, -0.2) is 4.79 Å². The highest BCUT2D eigenvalue weighted by Gasteiger charge is 2.41. The number of hydrogen-bond acceptors (Lipinski definition) is 8. The third-order valence-electron chi connectivity index (χ3n) is 5.25. The Bertz CT molecular complexity index is 1400. The molecule has 0 aromatic heterocycles. The van der Waals surface area contributed by atoms with Gasteiger partial charge in [0.1, 0.15) is 36.5 Å². The molecule has 0 saturated heterocycles. The van der Waals surface area contributed by atoms with Crippen molar-refractivity contribution in [1.82, 2.24) is 10.9 Å². The van der Waals surface area contributed by atoms with E-state index in [4.69, 9.17) is 15.2 Å². The number of benzene rings is 3. The number of carbonyl (C=O) groups is 2. The number of hydrogen-bond donors (Lipinski definition) is 4. The van der Waals surface area contributed by atoms with Crippen molar-refractivity contribution >= 4 is 23.4 Å². The quantitative estimate of drug-likeness (QED) is 0.0549. The molecular formula is C29H28F3N5O5. The van der Waals surface area contributed by atoms with Gasteiger partial charge in [0.15, 0.2) is 5.84 Å². The molecule has 0 radical (unpaired) electrons. The Morgan fingerprint density at radius 2 is 1.52 bits per heavy atom. The lowest BCUT2D eigenvalue weighted by Crippen LogP contribution is -2.39. The van der Waals surface area contributed by atoms with E-state index in [0.29, 0.717) is 22.7 Å². The summed E-state index contributed by atoms with van der Waals surface area (Å²) < 4.78 is 54.1. The third kappa shape index (κ3) is 9.05. The van der Waals surface area contributed by atoms with Crippen LogP contribution in [0.1, 0.15) is 17.2 Å². The monoisotopic (exact) mass is 583 g/mol. The molecule has 5 N–H and O–H groups in total. The summed E-state index contributed by atoms with van der Waals surface area (Å²) in [7, 11) is 0. The fraction of sp³-hybridized carbons (Fsp3) is 0.138. The Kier molecular flexibility index (Phi) is 10.9. The van der Waals surface area contributed by atoms with Crippen LogP contribution in [0.4, 0.5) is 18.9 Å². The van der Waals surface area contributed by atoms with Crippen molar-refractivity contribution in [1.29, 1.82) is 0 Å². The van der Waals surface area contributed by atoms with Crippen molar-refractivity contribution in [3.8, 4) is 17.2 Å². The number of amides is 1. The molecule has 10 nitrogen and oxygen atoms in total. The van der Waals surface area contributed by atoms with Gasteiger partial charge in [0.2, 0.25) is 0 Å². The molecule has 0 fully saturated rings. The number of alkyl halides is 3. The lowest BCUT2D eigenvalue weighted by molar-refractivity contribution is -0.189. The average molecular weight is 584 g/mol. The summed E-state index contributed by atoms with van der Waals surface area (Å²) in [5.41, 5.74) is 14.9. The lowest BCUT2D eigenvalue weighted by Gasteiger charge is -2.20. The Balaban J connectivity index is 1.96. The van der Waals surface area contributed by atoms with Crippen molar-refractivity contribution in [3.63, 3.8) is 0 Å². The van der Waals surface area contributed by atoms with E-state index < -0.39 is 29.8 Å². The SMILES string of the molecule is C=CCOc1cc(OCC=C)cc(C(N/N=C(\N)c2ccccc2OC(=O)C(F)(F)F)C(=O)NNc2ccccc2)c1. The van der Waals surface area contributed by atoms with E-state index in [1.807, 2.05) is 0 Å². The normalized spacial score (nSPS) is 11.9. The minimum Gasteiger partial charge on any atom is -0.489 e. The van der Waals surface area contributed by atoms with Crippen LogP contribution in [0.25, 0.3) is 0 Å². The zero-order chi connectivity index (χ0) is 30.5. The Hall–Kier alpha value is -5.46. The molecule has 1 atom stereocenters. The first-order valence-electron chi connectivity index (χ1n) is 12.3. The molecular weight excluding hydrogens is 555 g/mol. The van der Waals surface area contributed by atoms with E-state index >= 15 is 0 Å². The second-order valence-corrected chi connectivity index (χ2v) is 8.36. The van der Waals surface area contributed by atoms with Gasteiger partial charge < -0.3 is 19.9 Å². The maximum absolute atomic E-state index is 13.4. The largest absolute Gasteiger partial charge is 0.491 e. The number of hydrazone groups is 1. The number of esters is 1. The molecule has 3 aromatic rings. The maximum Gasteiger partial charge on any atom is 0.491 e. The van der Waals surface area contributed by atoms with E-state index in [0.717, 1.165) is 6.07 Å². The number of amidine groups is 1. The minimum atomic E-state index is -5.23. The fourth-order valence-electron chi connectivity index (χ4n) is 3.37. The Morgan fingerprint density at radius 3 is 2.12 bits per heavy atom. The Morgan fingerprint density at radius 1 is 0.929 bits per heavy atom. The van der Waals surface area contributed by atoms with Crippen LogP contribution in [0.2, 0.25) is 0 Å². The number of carbonyl (C=O) groups excluding carboxylic acids is 2. The number of rotatable bonds is 14. The van der Waals surface area contributed by atoms with Crippen LogP contribution in [0.3, 0.4) is 0 Å². The molecule has 0 heterocycles. The van der Waals surface area contributed by atoms with E-state index in [1.54, 1.807) is 48.5 Å². The topological polar surface area (TPSA) is 136 Å². The maximum atomic E-state index is 13.4. The van der Waals surface area contributed by atoms with Gasteiger partial charge in [0.05, 0.1) is 11.3 Å². The molecule has 3 rings (SSSR count). The zero-order valence-electron chi connectivity index (χ0n) is 22.2. The van der Waals surface area contributed by atoms with E-state index in [2.05, 4.69) is 39.3 Å². The molecule has 0 aliphatic rings. The lowest BCUT2D eigenvalue weighted by atomic mass is 10.1. The molecule has 1 unspecified atom stereocenters. The minimum absolute atomic E-state index is 0.123. The molecule has 0 spiro atoms. The summed E-state index contributed by atoms with van der Waals surface area (Å²) in [5.74, 6) is -3.19. The second kappa shape index (κ2) is 14.8. The van der Waals surface area contributed by atoms with E-state index in [1.165, 1.54) is 30.4 Å². The van der Waals surface area contributed by atoms with Gasteiger partial charge in [-0.05, 0) is 42.0 Å². The van der Waals surface area contributed by atoms with Crippen LogP contribution in [-0.2, 0) is 9.59 Å². The summed E-state index contributed by atoms with van der Waals surface area (Å²) in [6.45, 7) is 7.58. The van der Waals surface area contributed by atoms with Crippen molar-refractivity contribution in [3.05, 3.63) is 109 Å². The van der Waals surface area contributed by atoms with Gasteiger partial charge in [-0.1, -0.05) is 55.6 Å². The van der Waals surface area contributed by atoms with Crippen LogP contribution >= 0.6 is 0 Å². The zero-order valence-corrected chi connectivity index (χ0v) is 22.2. The second-order valence-electron chi connectivity index (χ2n) is 8.36. The molecule has 0 bridgehead atoms. The summed E-state index contributed by atoms with van der Waals surface area (Å²) in [5, 5.41) is 4.03. The van der Waals surface area contributed by atoms with Gasteiger partial charge in [0, 0.05) is 6.07 Å². The van der Waals surface area contributed by atoms with Crippen LogP contribution in [0, 0.1) is 0 Å². The fourth-order valence-corrected chi connectivity index (χ4v) is 3.37. The molecule has 0 aliphatic heterocycles. The summed E-state index contributed by atoms with van der Waals surface area (Å²) >= 11 is 0. The third-order valence-corrected chi connectivity index (χ3v) is 5.25. The summed E-state index contributed by atoms with van der Waals surface area (Å²) in [6.07, 6.45) is -2.15.